The lowest BCUT2D eigenvalue weighted by atomic mass is 10.2. The van der Waals surface area contributed by atoms with Gasteiger partial charge in [-0.25, -0.2) is 9.50 Å². The van der Waals surface area contributed by atoms with Gasteiger partial charge in [0.05, 0.1) is 18.4 Å². The van der Waals surface area contributed by atoms with Crippen LogP contribution in [-0.4, -0.2) is 60.6 Å². The van der Waals surface area contributed by atoms with Crippen LogP contribution in [0.4, 0.5) is 0 Å². The molecule has 3 rings (SSSR count). The van der Waals surface area contributed by atoms with Crippen molar-refractivity contribution in [3.63, 3.8) is 0 Å². The quantitative estimate of drug-likeness (QED) is 0.705. The van der Waals surface area contributed by atoms with E-state index >= 15 is 0 Å². The van der Waals surface area contributed by atoms with Gasteiger partial charge in [0.15, 0.2) is 5.65 Å². The van der Waals surface area contributed by atoms with Crippen LogP contribution in [0.25, 0.3) is 5.65 Å². The molecular weight excluding hydrogens is 318 g/mol. The van der Waals surface area contributed by atoms with Crippen LogP contribution in [0.2, 0.25) is 0 Å². The molecule has 0 aliphatic rings. The highest BCUT2D eigenvalue weighted by Crippen LogP contribution is 2.13. The van der Waals surface area contributed by atoms with Gasteiger partial charge < -0.3 is 4.90 Å². The van der Waals surface area contributed by atoms with Crippen molar-refractivity contribution in [2.45, 2.75) is 26.9 Å². The third-order valence-electron chi connectivity index (χ3n) is 4.25. The maximum absolute atomic E-state index is 12.7. The van der Waals surface area contributed by atoms with Gasteiger partial charge in [-0.2, -0.15) is 10.2 Å². The molecule has 3 aromatic heterocycles. The van der Waals surface area contributed by atoms with Crippen LogP contribution in [0.15, 0.2) is 30.9 Å². The highest BCUT2D eigenvalue weighted by Gasteiger charge is 2.19. The largest absolute Gasteiger partial charge is 0.336 e. The number of hydrogen-bond donors (Lipinski definition) is 1. The zero-order valence-electron chi connectivity index (χ0n) is 14.8. The van der Waals surface area contributed by atoms with Crippen molar-refractivity contribution in [2.24, 2.45) is 0 Å². The Morgan fingerprint density at radius 1 is 1.24 bits per heavy atom. The van der Waals surface area contributed by atoms with E-state index in [2.05, 4.69) is 39.0 Å². The molecule has 25 heavy (non-hydrogen) atoms. The van der Waals surface area contributed by atoms with Crippen molar-refractivity contribution in [2.75, 3.05) is 20.1 Å². The molecule has 0 saturated carbocycles. The summed E-state index contributed by atoms with van der Waals surface area (Å²) >= 11 is 0. The maximum Gasteiger partial charge on any atom is 0.259 e. The molecule has 8 nitrogen and oxygen atoms in total. The van der Waals surface area contributed by atoms with Gasteiger partial charge in [0.1, 0.15) is 5.56 Å². The predicted molar refractivity (Wildman–Crippen MR) is 94.0 cm³/mol. The third kappa shape index (κ3) is 3.69. The molecule has 0 spiro atoms. The molecule has 0 saturated heterocycles. The number of aromatic nitrogens is 5. The van der Waals surface area contributed by atoms with Crippen LogP contribution in [-0.2, 0) is 13.1 Å². The Morgan fingerprint density at radius 2 is 2.04 bits per heavy atom. The predicted octanol–water partition coefficient (Wildman–Crippen LogP) is 1.57. The van der Waals surface area contributed by atoms with Crippen LogP contribution in [0.1, 0.15) is 35.5 Å². The smallest absolute Gasteiger partial charge is 0.259 e. The van der Waals surface area contributed by atoms with Crippen molar-refractivity contribution in [3.8, 4) is 0 Å². The fraction of sp³-hybridized carbons (Fsp3) is 0.412. The topological polar surface area (TPSA) is 82.4 Å². The van der Waals surface area contributed by atoms with Crippen molar-refractivity contribution in [3.05, 3.63) is 47.7 Å². The van der Waals surface area contributed by atoms with Crippen LogP contribution < -0.4 is 0 Å². The number of H-pyrrole nitrogens is 1. The van der Waals surface area contributed by atoms with E-state index in [4.69, 9.17) is 0 Å². The number of fused-ring (bicyclic) bond motifs is 1. The first-order valence-electron chi connectivity index (χ1n) is 8.40. The summed E-state index contributed by atoms with van der Waals surface area (Å²) in [4.78, 5) is 21.1. The molecule has 1 amide bonds. The highest BCUT2D eigenvalue weighted by atomic mass is 16.2. The second-order valence-electron chi connectivity index (χ2n) is 5.99. The van der Waals surface area contributed by atoms with E-state index in [-0.39, 0.29) is 5.91 Å². The summed E-state index contributed by atoms with van der Waals surface area (Å²) in [5.41, 5.74) is 3.02. The Balaban J connectivity index is 1.79. The molecular formula is C17H23N7O. The van der Waals surface area contributed by atoms with Crippen molar-refractivity contribution in [1.29, 1.82) is 0 Å². The van der Waals surface area contributed by atoms with Crippen molar-refractivity contribution >= 4 is 11.6 Å². The van der Waals surface area contributed by atoms with Crippen molar-refractivity contribution in [1.82, 2.24) is 34.6 Å². The molecule has 0 bridgehead atoms. The molecule has 3 heterocycles. The zero-order chi connectivity index (χ0) is 17.8. The molecule has 132 valence electrons. The van der Waals surface area contributed by atoms with E-state index in [1.54, 1.807) is 28.9 Å². The van der Waals surface area contributed by atoms with Gasteiger partial charge in [-0.1, -0.05) is 13.8 Å². The lowest BCUT2D eigenvalue weighted by Crippen LogP contribution is -2.26. The Bertz CT molecular complexity index is 836. The van der Waals surface area contributed by atoms with Crippen LogP contribution in [0, 0.1) is 0 Å². The standard InChI is InChI=1S/C17H23N7O/c1-4-23(5-2)10-13-8-18-16-15(9-20-24(16)11-13)17(25)22(3)12-14-6-7-19-21-14/h6-9,11H,4-5,10,12H2,1-3H3,(H,19,21). The molecule has 0 aliphatic heterocycles. The second kappa shape index (κ2) is 7.43. The minimum absolute atomic E-state index is 0.117. The first kappa shape index (κ1) is 17.1. The molecule has 0 fully saturated rings. The Kier molecular flexibility index (Phi) is 5.08. The van der Waals surface area contributed by atoms with Crippen LogP contribution in [0.3, 0.4) is 0 Å². The molecule has 3 aromatic rings. The maximum atomic E-state index is 12.7. The normalized spacial score (nSPS) is 11.4. The highest BCUT2D eigenvalue weighted by molar-refractivity contribution is 5.99. The second-order valence-corrected chi connectivity index (χ2v) is 5.99. The van der Waals surface area contributed by atoms with Gasteiger partial charge >= 0.3 is 0 Å². The van der Waals surface area contributed by atoms with E-state index < -0.39 is 0 Å². The lowest BCUT2D eigenvalue weighted by Gasteiger charge is -2.17. The van der Waals surface area contributed by atoms with E-state index in [1.165, 1.54) is 0 Å². The van der Waals surface area contributed by atoms with E-state index in [9.17, 15) is 4.79 Å². The summed E-state index contributed by atoms with van der Waals surface area (Å²) in [7, 11) is 1.75. The molecule has 0 unspecified atom stereocenters. The van der Waals surface area contributed by atoms with Gasteiger partial charge in [0.25, 0.3) is 5.91 Å². The van der Waals surface area contributed by atoms with Gasteiger partial charge in [-0.05, 0) is 19.2 Å². The number of hydrogen-bond acceptors (Lipinski definition) is 5. The van der Waals surface area contributed by atoms with E-state index in [0.717, 1.165) is 30.9 Å². The first-order chi connectivity index (χ1) is 12.1. The Labute approximate surface area is 146 Å². The number of amides is 1. The fourth-order valence-corrected chi connectivity index (χ4v) is 2.76. The molecule has 0 aromatic carbocycles. The Morgan fingerprint density at radius 3 is 2.72 bits per heavy atom. The molecule has 8 heteroatoms. The number of nitrogens with zero attached hydrogens (tertiary/aromatic N) is 6. The summed E-state index contributed by atoms with van der Waals surface area (Å²) < 4.78 is 1.68. The van der Waals surface area contributed by atoms with Gasteiger partial charge in [-0.3, -0.25) is 14.8 Å². The first-order valence-corrected chi connectivity index (χ1v) is 8.40. The molecule has 0 aliphatic carbocycles. The summed E-state index contributed by atoms with van der Waals surface area (Å²) in [5.74, 6) is -0.117. The van der Waals surface area contributed by atoms with Gasteiger partial charge in [-0.15, -0.1) is 0 Å². The summed E-state index contributed by atoms with van der Waals surface area (Å²) in [6.45, 7) is 7.51. The van der Waals surface area contributed by atoms with Gasteiger partial charge in [0, 0.05) is 37.7 Å². The number of nitrogens with one attached hydrogen (secondary N) is 1. The van der Waals surface area contributed by atoms with E-state index in [1.807, 2.05) is 18.5 Å². The molecule has 1 N–H and O–H groups in total. The SMILES string of the molecule is CCN(CC)Cc1cnc2c(C(=O)N(C)Cc3ccn[nH]3)cnn2c1. The fourth-order valence-electron chi connectivity index (χ4n) is 2.76. The number of rotatable bonds is 7. The van der Waals surface area contributed by atoms with Crippen LogP contribution in [0.5, 0.6) is 0 Å². The van der Waals surface area contributed by atoms with E-state index in [0.29, 0.717) is 17.8 Å². The molecule has 0 atom stereocenters. The zero-order valence-corrected chi connectivity index (χ0v) is 14.8. The summed E-state index contributed by atoms with van der Waals surface area (Å²) in [5, 5.41) is 11.1. The average molecular weight is 341 g/mol. The third-order valence-corrected chi connectivity index (χ3v) is 4.25. The van der Waals surface area contributed by atoms with Crippen molar-refractivity contribution < 1.29 is 4.79 Å². The minimum Gasteiger partial charge on any atom is -0.336 e. The number of carbonyl (C=O) groups is 1. The average Bonchev–Trinajstić information content (AvgIpc) is 3.28. The lowest BCUT2D eigenvalue weighted by molar-refractivity contribution is 0.0785. The summed E-state index contributed by atoms with van der Waals surface area (Å²) in [6, 6.07) is 1.84. The number of aromatic amines is 1. The minimum atomic E-state index is -0.117. The number of carbonyl (C=O) groups excluding carboxylic acids is 1. The Hall–Kier alpha value is -2.74. The summed E-state index contributed by atoms with van der Waals surface area (Å²) in [6.07, 6.45) is 7.00. The van der Waals surface area contributed by atoms with Crippen LogP contribution >= 0.6 is 0 Å². The van der Waals surface area contributed by atoms with Gasteiger partial charge in [0.2, 0.25) is 0 Å². The monoisotopic (exact) mass is 341 g/mol. The molecule has 0 radical (unpaired) electrons.